The number of benzene rings is 2. The number of hydrogen-bond donors (Lipinski definition) is 0. The van der Waals surface area contributed by atoms with E-state index in [0.29, 0.717) is 19.4 Å². The molecule has 0 N–H and O–H groups in total. The molecular formula is C21H23NO4. The number of nitrogens with zero attached hydrogens (tertiary/aromatic N) is 1. The summed E-state index contributed by atoms with van der Waals surface area (Å²) in [5.74, 6) is 3.49. The maximum atomic E-state index is 5.95. The van der Waals surface area contributed by atoms with Crippen molar-refractivity contribution < 1.29 is 18.9 Å². The van der Waals surface area contributed by atoms with Crippen LogP contribution >= 0.6 is 0 Å². The van der Waals surface area contributed by atoms with Gasteiger partial charge in [0.2, 0.25) is 6.79 Å². The number of rotatable bonds is 3. The van der Waals surface area contributed by atoms with Gasteiger partial charge in [0.15, 0.2) is 23.0 Å². The Hall–Kier alpha value is -2.40. The van der Waals surface area contributed by atoms with Gasteiger partial charge < -0.3 is 18.9 Å². The zero-order chi connectivity index (χ0) is 17.7. The van der Waals surface area contributed by atoms with Crippen LogP contribution in [0.2, 0.25) is 0 Å². The minimum atomic E-state index is 0.326. The van der Waals surface area contributed by atoms with Crippen molar-refractivity contribution in [2.45, 2.75) is 32.4 Å². The van der Waals surface area contributed by atoms with Crippen LogP contribution in [0.4, 0.5) is 0 Å². The van der Waals surface area contributed by atoms with Crippen molar-refractivity contribution in [3.05, 3.63) is 46.5 Å². The van der Waals surface area contributed by atoms with Crippen LogP contribution in [0, 0.1) is 0 Å². The molecule has 26 heavy (non-hydrogen) atoms. The first kappa shape index (κ1) is 15.8. The molecule has 5 rings (SSSR count). The molecule has 1 atom stereocenters. The highest BCUT2D eigenvalue weighted by Crippen LogP contribution is 2.46. The van der Waals surface area contributed by atoms with Crippen LogP contribution < -0.4 is 18.9 Å². The molecule has 0 aromatic heterocycles. The van der Waals surface area contributed by atoms with Crippen LogP contribution in [-0.4, -0.2) is 32.0 Å². The molecule has 3 aliphatic rings. The lowest BCUT2D eigenvalue weighted by Crippen LogP contribution is -2.39. The summed E-state index contributed by atoms with van der Waals surface area (Å²) in [6.45, 7) is 4.92. The monoisotopic (exact) mass is 353 g/mol. The van der Waals surface area contributed by atoms with E-state index in [1.54, 1.807) is 7.11 Å². The standard InChI is InChI=1S/C21H23NO4/c1-3-24-21-16-11-22-7-6-14-9-19-20(26-12-25-19)10-15(14)17(22)8-13(16)4-5-18(21)23-2/h4-5,9-10,17H,3,6-8,11-12H2,1-2H3. The van der Waals surface area contributed by atoms with Gasteiger partial charge in [0, 0.05) is 24.7 Å². The molecule has 5 heteroatoms. The van der Waals surface area contributed by atoms with Gasteiger partial charge in [-0.15, -0.1) is 0 Å². The van der Waals surface area contributed by atoms with Gasteiger partial charge in [-0.2, -0.15) is 0 Å². The summed E-state index contributed by atoms with van der Waals surface area (Å²) in [5, 5.41) is 0. The minimum absolute atomic E-state index is 0.326. The second-order valence-corrected chi connectivity index (χ2v) is 7.01. The first-order chi connectivity index (χ1) is 12.8. The van der Waals surface area contributed by atoms with Crippen LogP contribution in [0.3, 0.4) is 0 Å². The average molecular weight is 353 g/mol. The van der Waals surface area contributed by atoms with E-state index in [2.05, 4.69) is 23.1 Å². The smallest absolute Gasteiger partial charge is 0.231 e. The summed E-state index contributed by atoms with van der Waals surface area (Å²) in [7, 11) is 1.70. The van der Waals surface area contributed by atoms with E-state index in [1.807, 2.05) is 13.0 Å². The van der Waals surface area contributed by atoms with Crippen molar-refractivity contribution in [1.82, 2.24) is 4.90 Å². The number of hydrogen-bond acceptors (Lipinski definition) is 5. The van der Waals surface area contributed by atoms with E-state index in [4.69, 9.17) is 18.9 Å². The molecule has 136 valence electrons. The lowest BCUT2D eigenvalue weighted by atomic mass is 9.83. The maximum absolute atomic E-state index is 5.95. The fourth-order valence-electron chi connectivity index (χ4n) is 4.46. The predicted octanol–water partition coefficient (Wildman–Crippen LogP) is 3.48. The topological polar surface area (TPSA) is 40.2 Å². The van der Waals surface area contributed by atoms with E-state index in [1.165, 1.54) is 22.3 Å². The second-order valence-electron chi connectivity index (χ2n) is 7.01. The van der Waals surface area contributed by atoms with Crippen molar-refractivity contribution in [3.63, 3.8) is 0 Å². The van der Waals surface area contributed by atoms with Gasteiger partial charge in [0.1, 0.15) is 0 Å². The number of methoxy groups -OCH3 is 1. The molecule has 2 aromatic rings. The van der Waals surface area contributed by atoms with Crippen LogP contribution in [-0.2, 0) is 19.4 Å². The highest BCUT2D eigenvalue weighted by Gasteiger charge is 2.35. The molecule has 1 unspecified atom stereocenters. The third kappa shape index (κ3) is 2.34. The van der Waals surface area contributed by atoms with Gasteiger partial charge in [0.25, 0.3) is 0 Å². The summed E-state index contributed by atoms with van der Waals surface area (Å²) in [6.07, 6.45) is 2.01. The fourth-order valence-corrected chi connectivity index (χ4v) is 4.46. The maximum Gasteiger partial charge on any atom is 0.231 e. The molecule has 0 spiro atoms. The zero-order valence-electron chi connectivity index (χ0n) is 15.2. The molecule has 0 saturated carbocycles. The highest BCUT2D eigenvalue weighted by atomic mass is 16.7. The van der Waals surface area contributed by atoms with Gasteiger partial charge in [0.05, 0.1) is 13.7 Å². The van der Waals surface area contributed by atoms with E-state index >= 15 is 0 Å². The Morgan fingerprint density at radius 2 is 2.00 bits per heavy atom. The van der Waals surface area contributed by atoms with Gasteiger partial charge in [-0.1, -0.05) is 6.07 Å². The number of ether oxygens (including phenoxy) is 4. The second kappa shape index (κ2) is 6.09. The predicted molar refractivity (Wildman–Crippen MR) is 97.3 cm³/mol. The Bertz CT molecular complexity index is 864. The molecule has 3 aliphatic heterocycles. The van der Waals surface area contributed by atoms with Gasteiger partial charge in [-0.3, -0.25) is 4.90 Å². The fraction of sp³-hybridized carbons (Fsp3) is 0.429. The lowest BCUT2D eigenvalue weighted by Gasteiger charge is -2.42. The quantitative estimate of drug-likeness (QED) is 0.845. The minimum Gasteiger partial charge on any atom is -0.493 e. The first-order valence-corrected chi connectivity index (χ1v) is 9.26. The third-order valence-corrected chi connectivity index (χ3v) is 5.71. The Kier molecular flexibility index (Phi) is 3.71. The Morgan fingerprint density at radius 3 is 2.81 bits per heavy atom. The molecule has 0 bridgehead atoms. The normalized spacial score (nSPS) is 20.2. The molecule has 0 aliphatic carbocycles. The summed E-state index contributed by atoms with van der Waals surface area (Å²) >= 11 is 0. The molecule has 3 heterocycles. The Morgan fingerprint density at radius 1 is 1.15 bits per heavy atom. The third-order valence-electron chi connectivity index (χ3n) is 5.71. The van der Waals surface area contributed by atoms with Crippen LogP contribution in [0.15, 0.2) is 24.3 Å². The van der Waals surface area contributed by atoms with E-state index in [9.17, 15) is 0 Å². The van der Waals surface area contributed by atoms with Crippen molar-refractivity contribution in [1.29, 1.82) is 0 Å². The van der Waals surface area contributed by atoms with E-state index in [-0.39, 0.29) is 0 Å². The Labute approximate surface area is 153 Å². The van der Waals surface area contributed by atoms with Crippen LogP contribution in [0.1, 0.15) is 35.2 Å². The molecule has 5 nitrogen and oxygen atoms in total. The van der Waals surface area contributed by atoms with Crippen LogP contribution in [0.25, 0.3) is 0 Å². The lowest BCUT2D eigenvalue weighted by molar-refractivity contribution is 0.156. The largest absolute Gasteiger partial charge is 0.493 e. The van der Waals surface area contributed by atoms with Gasteiger partial charge in [-0.05, 0) is 54.7 Å². The summed E-state index contributed by atoms with van der Waals surface area (Å²) < 4.78 is 22.7. The summed E-state index contributed by atoms with van der Waals surface area (Å²) in [6, 6.07) is 8.96. The van der Waals surface area contributed by atoms with Crippen molar-refractivity contribution in [3.8, 4) is 23.0 Å². The average Bonchev–Trinajstić information content (AvgIpc) is 3.13. The molecular weight excluding hydrogens is 330 g/mol. The van der Waals surface area contributed by atoms with Crippen LogP contribution in [0.5, 0.6) is 23.0 Å². The van der Waals surface area contributed by atoms with Gasteiger partial charge in [-0.25, -0.2) is 0 Å². The first-order valence-electron chi connectivity index (χ1n) is 9.26. The number of fused-ring (bicyclic) bond motifs is 5. The molecule has 2 aromatic carbocycles. The van der Waals surface area contributed by atoms with Crippen molar-refractivity contribution in [2.24, 2.45) is 0 Å². The van der Waals surface area contributed by atoms with E-state index < -0.39 is 0 Å². The zero-order valence-corrected chi connectivity index (χ0v) is 15.2. The van der Waals surface area contributed by atoms with E-state index in [0.717, 1.165) is 48.9 Å². The molecule has 0 radical (unpaired) electrons. The van der Waals surface area contributed by atoms with Crippen molar-refractivity contribution >= 4 is 0 Å². The summed E-state index contributed by atoms with van der Waals surface area (Å²) in [5.41, 5.74) is 5.38. The molecule has 0 saturated heterocycles. The highest BCUT2D eigenvalue weighted by molar-refractivity contribution is 5.55. The van der Waals surface area contributed by atoms with Crippen molar-refractivity contribution in [2.75, 3.05) is 27.1 Å². The SMILES string of the molecule is CCOc1c(OC)ccc2c1CN1CCc3cc4c(cc3C1C2)OCO4. The summed E-state index contributed by atoms with van der Waals surface area (Å²) in [4.78, 5) is 2.55. The Balaban J connectivity index is 1.56. The molecule has 0 amide bonds. The molecule has 0 fully saturated rings. The van der Waals surface area contributed by atoms with Gasteiger partial charge >= 0.3 is 0 Å².